The number of nitrogens with one attached hydrogen (secondary N) is 1. The fraction of sp³-hybridized carbons (Fsp3) is 0.143. The predicted octanol–water partition coefficient (Wildman–Crippen LogP) is 3.55. The van der Waals surface area contributed by atoms with Crippen LogP contribution in [0.25, 0.3) is 0 Å². The summed E-state index contributed by atoms with van der Waals surface area (Å²) < 4.78 is 9.14. The highest BCUT2D eigenvalue weighted by Gasteiger charge is 2.36. The van der Waals surface area contributed by atoms with Gasteiger partial charge in [-0.3, -0.25) is 19.3 Å². The smallest absolute Gasteiger partial charge is 0.273 e. The van der Waals surface area contributed by atoms with Crippen molar-refractivity contribution in [1.82, 2.24) is 9.69 Å². The van der Waals surface area contributed by atoms with Gasteiger partial charge in [-0.1, -0.05) is 42.0 Å². The zero-order valence-electron chi connectivity index (χ0n) is 21.3. The fourth-order valence-electron chi connectivity index (χ4n) is 3.93. The molecular weight excluding hydrogens is 518 g/mol. The summed E-state index contributed by atoms with van der Waals surface area (Å²) in [6, 6.07) is 19.1. The number of hydrogen-bond acceptors (Lipinski definition) is 8. The largest absolute Gasteiger partial charge is 0.508 e. The molecule has 1 aromatic heterocycles. The van der Waals surface area contributed by atoms with E-state index in [1.54, 1.807) is 43.5 Å². The average Bonchev–Trinajstić information content (AvgIpc) is 3.33. The summed E-state index contributed by atoms with van der Waals surface area (Å²) >= 11 is 0.729. The van der Waals surface area contributed by atoms with Crippen LogP contribution in [0.1, 0.15) is 42.9 Å². The first-order valence-corrected chi connectivity index (χ1v) is 12.6. The molecule has 4 rings (SSSR count). The molecule has 0 fully saturated rings. The fourth-order valence-corrected chi connectivity index (χ4v) is 4.67. The summed E-state index contributed by atoms with van der Waals surface area (Å²) in [5, 5.41) is 12.8. The van der Waals surface area contributed by atoms with Crippen LogP contribution in [0, 0.1) is 6.92 Å². The highest BCUT2D eigenvalue weighted by atomic mass is 32.1. The van der Waals surface area contributed by atoms with Gasteiger partial charge in [0.15, 0.2) is 5.69 Å². The van der Waals surface area contributed by atoms with E-state index >= 15 is 0 Å². The zero-order valence-corrected chi connectivity index (χ0v) is 22.1. The number of benzene rings is 3. The Labute approximate surface area is 229 Å². The zero-order chi connectivity index (χ0) is 28.1. The predicted molar refractivity (Wildman–Crippen MR) is 149 cm³/mol. The van der Waals surface area contributed by atoms with Crippen molar-refractivity contribution in [3.63, 3.8) is 0 Å². The van der Waals surface area contributed by atoms with E-state index in [4.69, 9.17) is 16.2 Å². The number of nitrogen functional groups attached to an aromatic ring is 1. The van der Waals surface area contributed by atoms with Gasteiger partial charge in [0, 0.05) is 12.2 Å². The van der Waals surface area contributed by atoms with E-state index in [-0.39, 0.29) is 28.6 Å². The molecule has 0 spiro atoms. The number of aromatic nitrogens is 1. The third kappa shape index (κ3) is 5.99. The average molecular weight is 546 g/mol. The number of ether oxygens (including phenoxy) is 1. The van der Waals surface area contributed by atoms with Crippen molar-refractivity contribution in [1.29, 1.82) is 0 Å². The first-order chi connectivity index (χ1) is 18.7. The number of carbonyl (C=O) groups excluding carboxylic acids is 3. The number of phenolic OH excluding ortho intramolecular Hbond substituents is 1. The van der Waals surface area contributed by atoms with Gasteiger partial charge in [-0.25, -0.2) is 0 Å². The van der Waals surface area contributed by atoms with Gasteiger partial charge in [-0.15, -0.1) is 0 Å². The molecule has 6 N–H and O–H groups in total. The molecule has 0 saturated carbocycles. The van der Waals surface area contributed by atoms with E-state index < -0.39 is 23.8 Å². The lowest BCUT2D eigenvalue weighted by Crippen LogP contribution is -2.44. The van der Waals surface area contributed by atoms with Crippen molar-refractivity contribution in [2.24, 2.45) is 5.73 Å². The Kier molecular flexibility index (Phi) is 8.11. The van der Waals surface area contributed by atoms with E-state index in [1.807, 2.05) is 31.2 Å². The number of phenols is 1. The molecular formula is C28H27N5O5S. The number of aryl methyl sites for hydroxylation is 1. The van der Waals surface area contributed by atoms with Crippen molar-refractivity contribution in [3.8, 4) is 11.5 Å². The number of anilines is 2. The Morgan fingerprint density at radius 3 is 2.23 bits per heavy atom. The Balaban J connectivity index is 1.78. The molecule has 1 heterocycles. The maximum atomic E-state index is 14.0. The Hall–Kier alpha value is -4.90. The third-order valence-electron chi connectivity index (χ3n) is 6.03. The van der Waals surface area contributed by atoms with E-state index in [9.17, 15) is 19.5 Å². The van der Waals surface area contributed by atoms with Gasteiger partial charge in [0.1, 0.15) is 22.4 Å². The number of nitrogens with two attached hydrogens (primary N) is 2. The Bertz CT molecular complexity index is 1480. The minimum Gasteiger partial charge on any atom is -0.508 e. The first-order valence-electron chi connectivity index (χ1n) is 11.8. The molecule has 11 heteroatoms. The van der Waals surface area contributed by atoms with Gasteiger partial charge < -0.3 is 26.6 Å². The first kappa shape index (κ1) is 27.1. The van der Waals surface area contributed by atoms with Crippen LogP contribution in [-0.2, 0) is 11.3 Å². The minimum atomic E-state index is -1.17. The molecule has 10 nitrogen and oxygen atoms in total. The summed E-state index contributed by atoms with van der Waals surface area (Å²) in [6.07, 6.45) is 0. The van der Waals surface area contributed by atoms with Gasteiger partial charge in [-0.05, 0) is 66.0 Å². The summed E-state index contributed by atoms with van der Waals surface area (Å²) in [5.41, 5.74) is 13.7. The van der Waals surface area contributed by atoms with Crippen LogP contribution in [0.3, 0.4) is 0 Å². The van der Waals surface area contributed by atoms with Gasteiger partial charge >= 0.3 is 0 Å². The number of primary amides is 1. The maximum absolute atomic E-state index is 14.0. The molecule has 0 aliphatic heterocycles. The van der Waals surface area contributed by atoms with Crippen LogP contribution in [0.4, 0.5) is 11.4 Å². The molecule has 3 aromatic carbocycles. The topological polar surface area (TPSA) is 161 Å². The lowest BCUT2D eigenvalue weighted by Gasteiger charge is -2.31. The highest BCUT2D eigenvalue weighted by Crippen LogP contribution is 2.34. The number of hydrogen-bond donors (Lipinski definition) is 4. The van der Waals surface area contributed by atoms with Gasteiger partial charge in [0.05, 0.1) is 12.8 Å². The molecule has 1 atom stereocenters. The van der Waals surface area contributed by atoms with Crippen molar-refractivity contribution in [2.45, 2.75) is 19.5 Å². The van der Waals surface area contributed by atoms with Gasteiger partial charge in [0.25, 0.3) is 11.8 Å². The Morgan fingerprint density at radius 1 is 1.03 bits per heavy atom. The van der Waals surface area contributed by atoms with Crippen molar-refractivity contribution < 1.29 is 24.2 Å². The number of amides is 3. The van der Waals surface area contributed by atoms with E-state index in [1.165, 1.54) is 17.0 Å². The monoisotopic (exact) mass is 545 g/mol. The van der Waals surface area contributed by atoms with Crippen LogP contribution in [-0.4, -0.2) is 34.3 Å². The molecule has 0 bridgehead atoms. The lowest BCUT2D eigenvalue weighted by atomic mass is 10.0. The quantitative estimate of drug-likeness (QED) is 0.250. The second-order valence-electron chi connectivity index (χ2n) is 8.71. The Morgan fingerprint density at radius 2 is 1.67 bits per heavy atom. The number of aromatic hydroxyl groups is 1. The molecule has 1 unspecified atom stereocenters. The van der Waals surface area contributed by atoms with Crippen LogP contribution < -0.4 is 26.4 Å². The van der Waals surface area contributed by atoms with Crippen molar-refractivity contribution >= 4 is 40.6 Å². The molecule has 39 heavy (non-hydrogen) atoms. The third-order valence-corrected chi connectivity index (χ3v) is 6.88. The highest BCUT2D eigenvalue weighted by molar-refractivity contribution is 7.09. The lowest BCUT2D eigenvalue weighted by molar-refractivity contribution is -0.122. The van der Waals surface area contributed by atoms with Crippen LogP contribution in [0.2, 0.25) is 0 Å². The molecule has 0 aliphatic carbocycles. The molecule has 3 amide bonds. The van der Waals surface area contributed by atoms with E-state index in [0.717, 1.165) is 22.7 Å². The molecule has 0 radical (unpaired) electrons. The summed E-state index contributed by atoms with van der Waals surface area (Å²) in [4.78, 5) is 40.9. The summed E-state index contributed by atoms with van der Waals surface area (Å²) in [7, 11) is 1.57. The standard InChI is InChI=1S/C28H27N5O5S/c1-16-3-9-19(10-4-16)33(28(37)25-22(29)23(26(30)35)32-39-25)24(18-7-11-20(34)12-8-18)27(36)31-15-17-5-13-21(38-2)14-6-17/h3-14,24,34H,15,29H2,1-2H3,(H2,30,35)(H,31,36). The summed E-state index contributed by atoms with van der Waals surface area (Å²) in [5.74, 6) is -1.30. The summed E-state index contributed by atoms with van der Waals surface area (Å²) in [6.45, 7) is 2.08. The number of nitrogens with zero attached hydrogens (tertiary/aromatic N) is 2. The van der Waals surface area contributed by atoms with Gasteiger partial charge in [-0.2, -0.15) is 4.37 Å². The molecule has 200 valence electrons. The van der Waals surface area contributed by atoms with Crippen LogP contribution in [0.5, 0.6) is 11.5 Å². The number of carbonyl (C=O) groups is 3. The normalized spacial score (nSPS) is 11.4. The molecule has 0 saturated heterocycles. The van der Waals surface area contributed by atoms with Crippen molar-refractivity contribution in [2.75, 3.05) is 17.7 Å². The van der Waals surface area contributed by atoms with Crippen LogP contribution >= 0.6 is 11.5 Å². The SMILES string of the molecule is COc1ccc(CNC(=O)C(c2ccc(O)cc2)N(C(=O)c2snc(C(N)=O)c2N)c2ccc(C)cc2)cc1. The number of methoxy groups -OCH3 is 1. The second kappa shape index (κ2) is 11.7. The molecule has 4 aromatic rings. The van der Waals surface area contributed by atoms with Gasteiger partial charge in [0.2, 0.25) is 5.91 Å². The van der Waals surface area contributed by atoms with E-state index in [2.05, 4.69) is 9.69 Å². The maximum Gasteiger partial charge on any atom is 0.273 e. The van der Waals surface area contributed by atoms with E-state index in [0.29, 0.717) is 17.0 Å². The molecule has 0 aliphatic rings. The van der Waals surface area contributed by atoms with Crippen LogP contribution in [0.15, 0.2) is 72.8 Å². The van der Waals surface area contributed by atoms with Crippen molar-refractivity contribution in [3.05, 3.63) is 100 Å². The minimum absolute atomic E-state index is 0.00200. The second-order valence-corrected chi connectivity index (χ2v) is 9.48. The number of rotatable bonds is 9.